The summed E-state index contributed by atoms with van der Waals surface area (Å²) in [5.74, 6) is -2.90. The van der Waals surface area contributed by atoms with E-state index in [0.717, 1.165) is 19.3 Å². The third kappa shape index (κ3) is 4.50. The Morgan fingerprint density at radius 2 is 1.82 bits per heavy atom. The van der Waals surface area contributed by atoms with Crippen molar-refractivity contribution in [2.24, 2.45) is 10.8 Å². The van der Waals surface area contributed by atoms with E-state index in [1.54, 1.807) is 24.3 Å². The van der Waals surface area contributed by atoms with Gasteiger partial charge in [0, 0.05) is 28.7 Å². The molecule has 236 valence electrons. The molecule has 2 aliphatic heterocycles. The SMILES string of the molecule is CN1[C@@H](C(=O)NCCCC2(C(=O)O)CCCCC2)[C@H](c2cccc(Cl)c2F)[C@]2(C(=O)Nc3cc(Cl)ccc32)C12CC(C)(C)C2. The zero-order chi connectivity index (χ0) is 31.7. The molecule has 2 amide bonds. The fourth-order valence-corrected chi connectivity index (χ4v) is 9.82. The number of fused-ring (bicyclic) bond motifs is 3. The van der Waals surface area contributed by atoms with Gasteiger partial charge in [0.05, 0.1) is 16.5 Å². The van der Waals surface area contributed by atoms with Crippen LogP contribution in [0, 0.1) is 16.6 Å². The number of hydrogen-bond acceptors (Lipinski definition) is 4. The second kappa shape index (κ2) is 11.0. The van der Waals surface area contributed by atoms with E-state index in [1.165, 1.54) is 6.07 Å². The molecule has 2 aliphatic carbocycles. The first kappa shape index (κ1) is 31.3. The van der Waals surface area contributed by atoms with Gasteiger partial charge in [-0.25, -0.2) is 4.39 Å². The molecule has 10 heteroatoms. The Hall–Kier alpha value is -2.68. The number of anilines is 1. The third-order valence-corrected chi connectivity index (χ3v) is 11.7. The van der Waals surface area contributed by atoms with Gasteiger partial charge in [-0.1, -0.05) is 74.5 Å². The molecule has 3 atom stereocenters. The van der Waals surface area contributed by atoms with Gasteiger partial charge in [-0.3, -0.25) is 19.3 Å². The van der Waals surface area contributed by atoms with Crippen molar-refractivity contribution < 1.29 is 23.9 Å². The van der Waals surface area contributed by atoms with Crippen LogP contribution in [-0.4, -0.2) is 53.0 Å². The average Bonchev–Trinajstić information content (AvgIpc) is 3.36. The molecule has 7 nitrogen and oxygen atoms in total. The topological polar surface area (TPSA) is 98.7 Å². The van der Waals surface area contributed by atoms with Crippen LogP contribution in [0.4, 0.5) is 10.1 Å². The number of nitrogens with zero attached hydrogens (tertiary/aromatic N) is 1. The zero-order valence-corrected chi connectivity index (χ0v) is 27.0. The van der Waals surface area contributed by atoms with Gasteiger partial charge >= 0.3 is 5.97 Å². The minimum Gasteiger partial charge on any atom is -0.481 e. The lowest BCUT2D eigenvalue weighted by Crippen LogP contribution is -2.68. The molecule has 1 saturated heterocycles. The fraction of sp³-hybridized carbons (Fsp3) is 0.559. The Morgan fingerprint density at radius 1 is 1.11 bits per heavy atom. The van der Waals surface area contributed by atoms with E-state index in [2.05, 4.69) is 24.5 Å². The van der Waals surface area contributed by atoms with Crippen molar-refractivity contribution >= 4 is 46.7 Å². The highest BCUT2D eigenvalue weighted by Crippen LogP contribution is 2.71. The number of halogens is 3. The molecule has 6 rings (SSSR count). The quantitative estimate of drug-likeness (QED) is 0.285. The largest absolute Gasteiger partial charge is 0.481 e. The predicted molar refractivity (Wildman–Crippen MR) is 169 cm³/mol. The maximum Gasteiger partial charge on any atom is 0.309 e. The summed E-state index contributed by atoms with van der Waals surface area (Å²) in [5, 5.41) is 16.5. The summed E-state index contributed by atoms with van der Waals surface area (Å²) in [6.45, 7) is 4.56. The molecule has 3 N–H and O–H groups in total. The van der Waals surface area contributed by atoms with E-state index in [0.29, 0.717) is 54.8 Å². The summed E-state index contributed by atoms with van der Waals surface area (Å²) in [5.41, 5.74) is -1.44. The Kier molecular flexibility index (Phi) is 7.82. The van der Waals surface area contributed by atoms with E-state index in [1.807, 2.05) is 18.0 Å². The lowest BCUT2D eigenvalue weighted by Gasteiger charge is -2.61. The lowest BCUT2D eigenvalue weighted by atomic mass is 9.46. The second-order valence-electron chi connectivity index (χ2n) is 14.2. The summed E-state index contributed by atoms with van der Waals surface area (Å²) in [6.07, 6.45) is 6.37. The van der Waals surface area contributed by atoms with E-state index < -0.39 is 40.1 Å². The molecule has 2 heterocycles. The molecule has 2 aromatic carbocycles. The third-order valence-electron chi connectivity index (χ3n) is 11.1. The Bertz CT molecular complexity index is 1520. The monoisotopic (exact) mass is 643 g/mol. The van der Waals surface area contributed by atoms with Gasteiger partial charge in [-0.05, 0) is 80.3 Å². The average molecular weight is 645 g/mol. The summed E-state index contributed by atoms with van der Waals surface area (Å²) in [4.78, 5) is 43.0. The highest BCUT2D eigenvalue weighted by molar-refractivity contribution is 6.31. The number of carboxylic acids is 1. The first-order valence-corrected chi connectivity index (χ1v) is 16.3. The number of carbonyl (C=O) groups excluding carboxylic acids is 2. The number of nitrogens with one attached hydrogen (secondary N) is 2. The molecular formula is C34H40Cl2FN3O4. The van der Waals surface area contributed by atoms with Gasteiger partial charge in [-0.15, -0.1) is 0 Å². The molecule has 2 saturated carbocycles. The van der Waals surface area contributed by atoms with E-state index >= 15 is 4.39 Å². The van der Waals surface area contributed by atoms with Crippen LogP contribution in [0.15, 0.2) is 36.4 Å². The Morgan fingerprint density at radius 3 is 2.48 bits per heavy atom. The molecule has 0 unspecified atom stereocenters. The van der Waals surface area contributed by atoms with Crippen LogP contribution >= 0.6 is 23.2 Å². The Balaban J connectivity index is 1.41. The minimum atomic E-state index is -1.29. The molecule has 3 fully saturated rings. The minimum absolute atomic E-state index is 0.0736. The molecule has 0 aromatic heterocycles. The maximum atomic E-state index is 16.1. The molecule has 44 heavy (non-hydrogen) atoms. The van der Waals surface area contributed by atoms with Crippen LogP contribution in [0.5, 0.6) is 0 Å². The molecule has 2 spiro atoms. The lowest BCUT2D eigenvalue weighted by molar-refractivity contribution is -0.151. The van der Waals surface area contributed by atoms with Crippen LogP contribution in [-0.2, 0) is 19.8 Å². The first-order valence-electron chi connectivity index (χ1n) is 15.6. The smallest absolute Gasteiger partial charge is 0.309 e. The molecular weight excluding hydrogens is 604 g/mol. The van der Waals surface area contributed by atoms with Crippen LogP contribution in [0.3, 0.4) is 0 Å². The van der Waals surface area contributed by atoms with E-state index in [9.17, 15) is 19.5 Å². The van der Waals surface area contributed by atoms with E-state index in [-0.39, 0.29) is 34.4 Å². The number of carboxylic acid groups (broad SMARTS) is 1. The normalized spacial score (nSPS) is 28.0. The van der Waals surface area contributed by atoms with Gasteiger partial charge in [0.1, 0.15) is 11.2 Å². The van der Waals surface area contributed by atoms with E-state index in [4.69, 9.17) is 23.2 Å². The predicted octanol–water partition coefficient (Wildman–Crippen LogP) is 6.91. The van der Waals surface area contributed by atoms with Crippen LogP contribution < -0.4 is 10.6 Å². The van der Waals surface area contributed by atoms with Crippen molar-refractivity contribution in [2.75, 3.05) is 18.9 Å². The standard InChI is InChI=1S/C34H40Cl2FN3O4/c1-31(2)18-33(19-31)34(22-12-11-20(35)17-24(22)39-29(34)42)25(21-9-7-10-23(36)26(21)37)27(40(33)3)28(41)38-16-8-15-32(30(43)44)13-5-4-6-14-32/h7,9-12,17,25,27H,4-6,8,13-16,18-19H2,1-3H3,(H,38,41)(H,39,42)(H,43,44)/t25-,27+,34+/m0/s1. The summed E-state index contributed by atoms with van der Waals surface area (Å²) in [7, 11) is 1.87. The highest BCUT2D eigenvalue weighted by Gasteiger charge is 2.78. The van der Waals surface area contributed by atoms with Crippen molar-refractivity contribution in [3.8, 4) is 0 Å². The number of hydrogen-bond donors (Lipinski definition) is 3. The number of likely N-dealkylation sites (tertiary alicyclic amines) is 1. The number of carbonyl (C=O) groups is 3. The number of amides is 2. The summed E-state index contributed by atoms with van der Waals surface area (Å²) >= 11 is 12.7. The molecule has 0 bridgehead atoms. The first-order chi connectivity index (χ1) is 20.8. The molecule has 4 aliphatic rings. The van der Waals surface area contributed by atoms with Crippen molar-refractivity contribution in [2.45, 2.75) is 94.5 Å². The van der Waals surface area contributed by atoms with Crippen LogP contribution in [0.1, 0.15) is 88.7 Å². The van der Waals surface area contributed by atoms with Crippen molar-refractivity contribution in [3.05, 3.63) is 63.4 Å². The van der Waals surface area contributed by atoms with Crippen LogP contribution in [0.2, 0.25) is 10.0 Å². The second-order valence-corrected chi connectivity index (χ2v) is 15.1. The number of rotatable bonds is 7. The Labute approximate surface area is 267 Å². The number of likely N-dealkylation sites (N-methyl/N-ethyl adjacent to an activating group) is 1. The van der Waals surface area contributed by atoms with Gasteiger partial charge < -0.3 is 15.7 Å². The maximum absolute atomic E-state index is 16.1. The summed E-state index contributed by atoms with van der Waals surface area (Å²) < 4.78 is 16.1. The van der Waals surface area contributed by atoms with Gasteiger partial charge in [-0.2, -0.15) is 0 Å². The molecule has 2 aromatic rings. The zero-order valence-electron chi connectivity index (χ0n) is 25.4. The summed E-state index contributed by atoms with van der Waals surface area (Å²) in [6, 6.07) is 9.15. The van der Waals surface area contributed by atoms with Crippen LogP contribution in [0.25, 0.3) is 0 Å². The fourth-order valence-electron chi connectivity index (χ4n) is 9.47. The van der Waals surface area contributed by atoms with Gasteiger partial charge in [0.15, 0.2) is 0 Å². The molecule has 0 radical (unpaired) electrons. The van der Waals surface area contributed by atoms with Crippen molar-refractivity contribution in [3.63, 3.8) is 0 Å². The number of aliphatic carboxylic acids is 1. The van der Waals surface area contributed by atoms with Gasteiger partial charge in [0.2, 0.25) is 11.8 Å². The van der Waals surface area contributed by atoms with Gasteiger partial charge in [0.25, 0.3) is 0 Å². The van der Waals surface area contributed by atoms with Crippen molar-refractivity contribution in [1.82, 2.24) is 10.2 Å². The van der Waals surface area contributed by atoms with Crippen molar-refractivity contribution in [1.29, 1.82) is 0 Å². The number of benzene rings is 2. The highest BCUT2D eigenvalue weighted by atomic mass is 35.5.